The normalized spacial score (nSPS) is 17.2. The van der Waals surface area contributed by atoms with Gasteiger partial charge in [0.2, 0.25) is 0 Å². The Labute approximate surface area is 148 Å². The summed E-state index contributed by atoms with van der Waals surface area (Å²) in [6.45, 7) is 1.30. The molecular formula is C17H18N4O3S. The van der Waals surface area contributed by atoms with E-state index < -0.39 is 0 Å². The predicted octanol–water partition coefficient (Wildman–Crippen LogP) is 2.70. The molecule has 130 valence electrons. The van der Waals surface area contributed by atoms with E-state index >= 15 is 0 Å². The van der Waals surface area contributed by atoms with Crippen LogP contribution in [0.1, 0.15) is 18.5 Å². The van der Waals surface area contributed by atoms with Crippen molar-refractivity contribution in [2.45, 2.75) is 36.4 Å². The summed E-state index contributed by atoms with van der Waals surface area (Å²) >= 11 is 1.46. The van der Waals surface area contributed by atoms with E-state index in [1.165, 1.54) is 11.8 Å². The van der Waals surface area contributed by atoms with Gasteiger partial charge in [-0.25, -0.2) is 9.89 Å². The minimum absolute atomic E-state index is 0.0892. The molecule has 8 heteroatoms. The van der Waals surface area contributed by atoms with Crippen LogP contribution in [0.25, 0.3) is 11.3 Å². The fraction of sp³-hybridized carbons (Fsp3) is 0.353. The standard InChI is InChI=1S/C17H18N4O3S/c22-16-18-19-17(21(16)10-14-7-4-8-23-14)25-11-13-9-15(24-20-13)12-5-2-1-3-6-12/h1-3,5-6,9,14H,4,7-8,10-11H2,(H,18,22)/t14-/m0/s1. The molecule has 0 unspecified atom stereocenters. The average molecular weight is 358 g/mol. The topological polar surface area (TPSA) is 85.9 Å². The second-order valence-corrected chi connectivity index (χ2v) is 6.84. The van der Waals surface area contributed by atoms with Crippen molar-refractivity contribution in [3.05, 3.63) is 52.6 Å². The summed E-state index contributed by atoms with van der Waals surface area (Å²) in [7, 11) is 0. The smallest absolute Gasteiger partial charge is 0.344 e. The Kier molecular flexibility index (Phi) is 4.71. The Morgan fingerprint density at radius 3 is 3.00 bits per heavy atom. The van der Waals surface area contributed by atoms with Gasteiger partial charge in [0.05, 0.1) is 18.3 Å². The quantitative estimate of drug-likeness (QED) is 0.682. The van der Waals surface area contributed by atoms with Crippen molar-refractivity contribution in [1.29, 1.82) is 0 Å². The molecule has 3 aromatic rings. The Balaban J connectivity index is 1.43. The van der Waals surface area contributed by atoms with Crippen LogP contribution >= 0.6 is 11.8 Å². The molecule has 1 fully saturated rings. The van der Waals surface area contributed by atoms with Crippen molar-refractivity contribution >= 4 is 11.8 Å². The van der Waals surface area contributed by atoms with Gasteiger partial charge in [-0.05, 0) is 12.8 Å². The highest BCUT2D eigenvalue weighted by atomic mass is 32.2. The zero-order valence-electron chi connectivity index (χ0n) is 13.6. The van der Waals surface area contributed by atoms with Crippen LogP contribution < -0.4 is 5.69 Å². The monoisotopic (exact) mass is 358 g/mol. The zero-order valence-corrected chi connectivity index (χ0v) is 14.4. The Hall–Kier alpha value is -2.32. The number of aromatic nitrogens is 4. The van der Waals surface area contributed by atoms with E-state index in [0.717, 1.165) is 36.5 Å². The molecule has 3 heterocycles. The van der Waals surface area contributed by atoms with Gasteiger partial charge in [0, 0.05) is 24.0 Å². The number of nitrogens with one attached hydrogen (secondary N) is 1. The van der Waals surface area contributed by atoms with Crippen molar-refractivity contribution in [2.24, 2.45) is 0 Å². The molecule has 1 N–H and O–H groups in total. The first-order chi connectivity index (χ1) is 12.3. The number of ether oxygens (including phenoxy) is 1. The first kappa shape index (κ1) is 16.2. The van der Waals surface area contributed by atoms with Crippen molar-refractivity contribution in [1.82, 2.24) is 19.9 Å². The molecular weight excluding hydrogens is 340 g/mol. The van der Waals surface area contributed by atoms with Crippen LogP contribution in [0.2, 0.25) is 0 Å². The zero-order chi connectivity index (χ0) is 17.1. The van der Waals surface area contributed by atoms with Crippen LogP contribution in [0.15, 0.2) is 50.9 Å². The molecule has 4 rings (SSSR count). The van der Waals surface area contributed by atoms with Gasteiger partial charge in [-0.3, -0.25) is 4.57 Å². The van der Waals surface area contributed by atoms with Gasteiger partial charge in [0.15, 0.2) is 10.9 Å². The molecule has 1 aromatic carbocycles. The van der Waals surface area contributed by atoms with Crippen LogP contribution in [-0.2, 0) is 17.0 Å². The Morgan fingerprint density at radius 1 is 1.32 bits per heavy atom. The van der Waals surface area contributed by atoms with Gasteiger partial charge in [0.1, 0.15) is 0 Å². The maximum atomic E-state index is 12.0. The van der Waals surface area contributed by atoms with Crippen LogP contribution in [0.4, 0.5) is 0 Å². The van der Waals surface area contributed by atoms with Crippen molar-refractivity contribution in [3.63, 3.8) is 0 Å². The second kappa shape index (κ2) is 7.28. The molecule has 1 saturated heterocycles. The van der Waals surface area contributed by atoms with Crippen LogP contribution in [0.3, 0.4) is 0 Å². The average Bonchev–Trinajstić information content (AvgIpc) is 3.38. The predicted molar refractivity (Wildman–Crippen MR) is 93.3 cm³/mol. The molecule has 0 saturated carbocycles. The summed E-state index contributed by atoms with van der Waals surface area (Å²) in [4.78, 5) is 12.0. The van der Waals surface area contributed by atoms with E-state index in [4.69, 9.17) is 9.26 Å². The van der Waals surface area contributed by atoms with Crippen molar-refractivity contribution < 1.29 is 9.26 Å². The van der Waals surface area contributed by atoms with E-state index in [9.17, 15) is 4.79 Å². The molecule has 1 aliphatic rings. The highest BCUT2D eigenvalue weighted by molar-refractivity contribution is 7.98. The molecule has 0 aliphatic carbocycles. The summed E-state index contributed by atoms with van der Waals surface area (Å²) in [6.07, 6.45) is 2.11. The van der Waals surface area contributed by atoms with Crippen molar-refractivity contribution in [2.75, 3.05) is 6.61 Å². The first-order valence-corrected chi connectivity index (χ1v) is 9.19. The minimum Gasteiger partial charge on any atom is -0.376 e. The molecule has 0 spiro atoms. The molecule has 0 radical (unpaired) electrons. The number of rotatable bonds is 6. The summed E-state index contributed by atoms with van der Waals surface area (Å²) in [5.41, 5.74) is 1.59. The van der Waals surface area contributed by atoms with Gasteiger partial charge in [-0.1, -0.05) is 47.3 Å². The number of hydrogen-bond donors (Lipinski definition) is 1. The molecule has 2 aromatic heterocycles. The van der Waals surface area contributed by atoms with E-state index in [-0.39, 0.29) is 11.8 Å². The molecule has 0 amide bonds. The van der Waals surface area contributed by atoms with Gasteiger partial charge in [-0.2, -0.15) is 0 Å². The van der Waals surface area contributed by atoms with Gasteiger partial charge in [-0.15, -0.1) is 5.10 Å². The lowest BCUT2D eigenvalue weighted by atomic mass is 10.2. The third-order valence-corrected chi connectivity index (χ3v) is 5.11. The highest BCUT2D eigenvalue weighted by Gasteiger charge is 2.20. The van der Waals surface area contributed by atoms with E-state index in [1.807, 2.05) is 36.4 Å². The summed E-state index contributed by atoms with van der Waals surface area (Å²) in [5, 5.41) is 11.4. The van der Waals surface area contributed by atoms with E-state index in [0.29, 0.717) is 17.5 Å². The lowest BCUT2D eigenvalue weighted by Crippen LogP contribution is -2.24. The number of hydrogen-bond acceptors (Lipinski definition) is 6. The maximum absolute atomic E-state index is 12.0. The largest absolute Gasteiger partial charge is 0.376 e. The lowest BCUT2D eigenvalue weighted by Gasteiger charge is -2.10. The van der Waals surface area contributed by atoms with Gasteiger partial charge >= 0.3 is 5.69 Å². The third-order valence-electron chi connectivity index (χ3n) is 4.10. The second-order valence-electron chi connectivity index (χ2n) is 5.89. The van der Waals surface area contributed by atoms with Crippen molar-refractivity contribution in [3.8, 4) is 11.3 Å². The third kappa shape index (κ3) is 3.69. The van der Waals surface area contributed by atoms with Crippen LogP contribution in [0, 0.1) is 0 Å². The summed E-state index contributed by atoms with van der Waals surface area (Å²) in [6, 6.07) is 11.7. The Bertz CT molecular complexity index is 881. The van der Waals surface area contributed by atoms with Crippen LogP contribution in [-0.4, -0.2) is 32.6 Å². The number of benzene rings is 1. The summed E-state index contributed by atoms with van der Waals surface area (Å²) < 4.78 is 12.7. The number of thioether (sulfide) groups is 1. The van der Waals surface area contributed by atoms with Crippen LogP contribution in [0.5, 0.6) is 0 Å². The molecule has 1 atom stereocenters. The molecule has 25 heavy (non-hydrogen) atoms. The molecule has 0 bridgehead atoms. The fourth-order valence-electron chi connectivity index (χ4n) is 2.82. The number of aromatic amines is 1. The summed E-state index contributed by atoms with van der Waals surface area (Å²) in [5.74, 6) is 1.31. The number of H-pyrrole nitrogens is 1. The minimum atomic E-state index is -0.205. The van der Waals surface area contributed by atoms with E-state index in [1.54, 1.807) is 4.57 Å². The molecule has 1 aliphatic heterocycles. The van der Waals surface area contributed by atoms with Gasteiger partial charge < -0.3 is 9.26 Å². The Morgan fingerprint density at radius 2 is 2.20 bits per heavy atom. The number of nitrogens with zero attached hydrogens (tertiary/aromatic N) is 3. The maximum Gasteiger partial charge on any atom is 0.344 e. The lowest BCUT2D eigenvalue weighted by molar-refractivity contribution is 0.0941. The van der Waals surface area contributed by atoms with Gasteiger partial charge in [0.25, 0.3) is 0 Å². The highest BCUT2D eigenvalue weighted by Crippen LogP contribution is 2.25. The molecule has 7 nitrogen and oxygen atoms in total. The first-order valence-electron chi connectivity index (χ1n) is 8.20. The SMILES string of the molecule is O=c1[nH]nc(SCc2cc(-c3ccccc3)on2)n1C[C@@H]1CCCO1. The van der Waals surface area contributed by atoms with E-state index in [2.05, 4.69) is 15.4 Å². The fourth-order valence-corrected chi connectivity index (χ4v) is 3.66.